The summed E-state index contributed by atoms with van der Waals surface area (Å²) in [7, 11) is -1.14. The van der Waals surface area contributed by atoms with Gasteiger partial charge in [0.05, 0.1) is 0 Å². The van der Waals surface area contributed by atoms with E-state index in [1.54, 1.807) is 0 Å². The fraction of sp³-hybridized carbons (Fsp3) is 0.300. The van der Waals surface area contributed by atoms with Crippen LogP contribution < -0.4 is 56.6 Å². The van der Waals surface area contributed by atoms with Gasteiger partial charge in [0.1, 0.15) is 0 Å². The summed E-state index contributed by atoms with van der Waals surface area (Å²) in [4.78, 5) is 0. The topological polar surface area (TPSA) is 0 Å². The molecule has 0 saturated carbocycles. The first kappa shape index (κ1) is 12.9. The van der Waals surface area contributed by atoms with Crippen LogP contribution in [0, 0.1) is 6.92 Å². The second kappa shape index (κ2) is 4.98. The van der Waals surface area contributed by atoms with E-state index in [0.717, 1.165) is 0 Å². The number of hydrogen-bond acceptors (Lipinski definition) is 0. The minimum Gasteiger partial charge on any atom is -0.199 e. The molecule has 0 unspecified atom stereocenters. The van der Waals surface area contributed by atoms with Gasteiger partial charge in [-0.05, 0) is 0 Å². The van der Waals surface area contributed by atoms with Crippen LogP contribution in [0.2, 0.25) is 19.6 Å². The minimum atomic E-state index is -1.14. The summed E-state index contributed by atoms with van der Waals surface area (Å²) in [6, 6.07) is 8.44. The van der Waals surface area contributed by atoms with Crippen molar-refractivity contribution in [3.63, 3.8) is 0 Å². The van der Waals surface area contributed by atoms with Gasteiger partial charge in [-0.15, -0.1) is 12.1 Å². The van der Waals surface area contributed by atoms with Crippen LogP contribution in [0.4, 0.5) is 0 Å². The van der Waals surface area contributed by atoms with Crippen LogP contribution in [0.1, 0.15) is 5.56 Å². The zero-order valence-corrected chi connectivity index (χ0v) is 12.6. The van der Waals surface area contributed by atoms with Crippen LogP contribution in [-0.2, 0) is 0 Å². The Labute approximate surface area is 119 Å². The third kappa shape index (κ3) is 3.36. The van der Waals surface area contributed by atoms with Gasteiger partial charge in [-0.25, -0.2) is 0 Å². The fourth-order valence-corrected chi connectivity index (χ4v) is 2.89. The average Bonchev–Trinajstić information content (AvgIpc) is 1.86. The maximum Gasteiger partial charge on any atom is 1.00 e. The van der Waals surface area contributed by atoms with E-state index < -0.39 is 8.07 Å². The smallest absolute Gasteiger partial charge is 0.199 e. The normalized spacial score (nSPS) is 10.6. The second-order valence-corrected chi connectivity index (χ2v) is 8.95. The molecule has 1 aromatic rings. The SMILES string of the molecule is [CH2-]c1ccccc1[Si](C)(C)C.[K+]. The van der Waals surface area contributed by atoms with E-state index in [0.29, 0.717) is 0 Å². The van der Waals surface area contributed by atoms with Crippen molar-refractivity contribution in [1.29, 1.82) is 0 Å². The van der Waals surface area contributed by atoms with Crippen LogP contribution in [0.15, 0.2) is 24.3 Å². The first-order chi connectivity index (χ1) is 5.02. The molecule has 2 heteroatoms. The van der Waals surface area contributed by atoms with Crippen LogP contribution in [0.25, 0.3) is 0 Å². The molecule has 1 aromatic carbocycles. The maximum absolute atomic E-state index is 4.02. The van der Waals surface area contributed by atoms with Gasteiger partial charge in [-0.1, -0.05) is 25.7 Å². The van der Waals surface area contributed by atoms with Gasteiger partial charge >= 0.3 is 51.4 Å². The van der Waals surface area contributed by atoms with E-state index in [1.165, 1.54) is 10.8 Å². The molecule has 0 heterocycles. The van der Waals surface area contributed by atoms with Crippen LogP contribution >= 0.6 is 0 Å². The first-order valence-corrected chi connectivity index (χ1v) is 7.43. The number of benzene rings is 1. The third-order valence-corrected chi connectivity index (χ3v) is 3.93. The summed E-state index contributed by atoms with van der Waals surface area (Å²) in [5.74, 6) is 0. The summed E-state index contributed by atoms with van der Waals surface area (Å²) < 4.78 is 0. The molecule has 1 rings (SSSR count). The molecule has 0 radical (unpaired) electrons. The molecule has 12 heavy (non-hydrogen) atoms. The van der Waals surface area contributed by atoms with Gasteiger partial charge in [0.25, 0.3) is 0 Å². The van der Waals surface area contributed by atoms with Crippen molar-refractivity contribution >= 4 is 13.3 Å². The number of hydrogen-bond donors (Lipinski definition) is 0. The van der Waals surface area contributed by atoms with Crippen molar-refractivity contribution in [2.45, 2.75) is 19.6 Å². The summed E-state index contributed by atoms with van der Waals surface area (Å²) in [5.41, 5.74) is 1.20. The molecule has 0 aliphatic heterocycles. The van der Waals surface area contributed by atoms with E-state index in [2.05, 4.69) is 44.8 Å². The molecule has 0 aliphatic rings. The fourth-order valence-electron chi connectivity index (χ4n) is 1.25. The van der Waals surface area contributed by atoms with E-state index in [9.17, 15) is 0 Å². The Morgan fingerprint density at radius 1 is 1.08 bits per heavy atom. The molecule has 0 spiro atoms. The Hall–Kier alpha value is 0.943. The van der Waals surface area contributed by atoms with Crippen molar-refractivity contribution < 1.29 is 51.4 Å². The van der Waals surface area contributed by atoms with Gasteiger partial charge in [-0.2, -0.15) is 23.7 Å². The molecule has 0 nitrogen and oxygen atoms in total. The van der Waals surface area contributed by atoms with Gasteiger partial charge < -0.3 is 0 Å². The molecule has 0 fully saturated rings. The summed E-state index contributed by atoms with van der Waals surface area (Å²) in [6.45, 7) is 11.1. The quantitative estimate of drug-likeness (QED) is 0.422. The van der Waals surface area contributed by atoms with E-state index in [-0.39, 0.29) is 51.4 Å². The summed E-state index contributed by atoms with van der Waals surface area (Å²) >= 11 is 0. The van der Waals surface area contributed by atoms with Crippen LogP contribution in [0.3, 0.4) is 0 Å². The molecule has 0 atom stereocenters. The Morgan fingerprint density at radius 2 is 1.58 bits per heavy atom. The number of rotatable bonds is 1. The molecule has 0 amide bonds. The summed E-state index contributed by atoms with van der Waals surface area (Å²) in [5, 5.41) is 1.47. The van der Waals surface area contributed by atoms with Gasteiger partial charge in [0, 0.05) is 8.07 Å². The molecule has 0 aliphatic carbocycles. The van der Waals surface area contributed by atoms with Crippen molar-refractivity contribution in [3.8, 4) is 0 Å². The predicted molar refractivity (Wildman–Crippen MR) is 53.9 cm³/mol. The Morgan fingerprint density at radius 3 is 1.92 bits per heavy atom. The van der Waals surface area contributed by atoms with Crippen molar-refractivity contribution in [1.82, 2.24) is 0 Å². The monoisotopic (exact) mass is 202 g/mol. The molecular weight excluding hydrogens is 187 g/mol. The largest absolute Gasteiger partial charge is 1.00 e. The van der Waals surface area contributed by atoms with Gasteiger partial charge in [0.15, 0.2) is 0 Å². The second-order valence-electron chi connectivity index (χ2n) is 3.91. The standard InChI is InChI=1S/C10H15Si.K/c1-9-7-5-6-8-10(9)11(2,3)4;/h5-8H,1H2,2-4H3;/q-1;+1. The molecule has 0 bridgehead atoms. The molecular formula is C10H15KSi. The Bertz CT molecular complexity index is 250. The Balaban J connectivity index is 0.00000121. The summed E-state index contributed by atoms with van der Waals surface area (Å²) in [6.07, 6.45) is 0. The zero-order chi connectivity index (χ0) is 8.48. The predicted octanol–water partition coefficient (Wildman–Crippen LogP) is -0.582. The molecule has 0 N–H and O–H groups in total. The van der Waals surface area contributed by atoms with E-state index in [1.807, 2.05) is 6.07 Å². The first-order valence-electron chi connectivity index (χ1n) is 3.93. The third-order valence-electron chi connectivity index (χ3n) is 1.83. The molecule has 0 saturated heterocycles. The maximum atomic E-state index is 4.02. The average molecular weight is 202 g/mol. The minimum absolute atomic E-state index is 0. The van der Waals surface area contributed by atoms with Crippen LogP contribution in [-0.4, -0.2) is 8.07 Å². The van der Waals surface area contributed by atoms with Crippen molar-refractivity contribution in [2.75, 3.05) is 0 Å². The van der Waals surface area contributed by atoms with Gasteiger partial charge in [0.2, 0.25) is 0 Å². The van der Waals surface area contributed by atoms with Gasteiger partial charge in [-0.3, -0.25) is 0 Å². The van der Waals surface area contributed by atoms with Crippen molar-refractivity contribution in [3.05, 3.63) is 36.8 Å². The zero-order valence-electron chi connectivity index (χ0n) is 8.52. The van der Waals surface area contributed by atoms with Crippen LogP contribution in [0.5, 0.6) is 0 Å². The Kier molecular flexibility index (Phi) is 5.37. The van der Waals surface area contributed by atoms with E-state index in [4.69, 9.17) is 0 Å². The molecule has 60 valence electrons. The van der Waals surface area contributed by atoms with E-state index >= 15 is 0 Å². The molecule has 0 aromatic heterocycles. The van der Waals surface area contributed by atoms with Crippen molar-refractivity contribution in [2.24, 2.45) is 0 Å².